The van der Waals surface area contributed by atoms with E-state index in [1.807, 2.05) is 54.6 Å². The van der Waals surface area contributed by atoms with Crippen molar-refractivity contribution in [3.05, 3.63) is 71.9 Å². The molecule has 0 aliphatic heterocycles. The Balaban J connectivity index is 1.68. The monoisotopic (exact) mass is 479 g/mol. The van der Waals surface area contributed by atoms with Gasteiger partial charge in [0.15, 0.2) is 0 Å². The van der Waals surface area contributed by atoms with E-state index in [-0.39, 0.29) is 6.42 Å². The first-order valence-electron chi connectivity index (χ1n) is 11.8. The number of amides is 2. The number of carboxylic acids is 1. The molecule has 0 radical (unpaired) electrons. The third kappa shape index (κ3) is 7.40. The minimum absolute atomic E-state index is 0.0993. The van der Waals surface area contributed by atoms with Gasteiger partial charge in [-0.25, -0.2) is 4.79 Å². The molecule has 1 heterocycles. The van der Waals surface area contributed by atoms with Crippen LogP contribution >= 0.6 is 0 Å². The Morgan fingerprint density at radius 1 is 0.886 bits per heavy atom. The predicted octanol–water partition coefficient (Wildman–Crippen LogP) is 1.46. The second-order valence-corrected chi connectivity index (χ2v) is 8.60. The quantitative estimate of drug-likeness (QED) is 0.203. The molecule has 0 bridgehead atoms. The van der Waals surface area contributed by atoms with Gasteiger partial charge in [-0.2, -0.15) is 0 Å². The van der Waals surface area contributed by atoms with Crippen LogP contribution in [0.3, 0.4) is 0 Å². The van der Waals surface area contributed by atoms with Gasteiger partial charge in [0.2, 0.25) is 11.8 Å². The van der Waals surface area contributed by atoms with Crippen LogP contribution in [0, 0.1) is 0 Å². The highest BCUT2D eigenvalue weighted by molar-refractivity contribution is 5.92. The normalized spacial score (nSPS) is 13.7. The van der Waals surface area contributed by atoms with E-state index in [1.54, 1.807) is 6.20 Å². The molecule has 2 aromatic carbocycles. The van der Waals surface area contributed by atoms with E-state index < -0.39 is 35.9 Å². The molecule has 0 saturated heterocycles. The molecule has 9 heteroatoms. The average Bonchev–Trinajstić information content (AvgIpc) is 3.26. The Bertz CT molecular complexity index is 1130. The van der Waals surface area contributed by atoms with Crippen molar-refractivity contribution in [2.75, 3.05) is 6.54 Å². The number of H-pyrrole nitrogens is 1. The number of hydrogen-bond acceptors (Lipinski definition) is 5. The number of unbranched alkanes of at least 4 members (excludes halogenated alkanes) is 1. The van der Waals surface area contributed by atoms with Crippen molar-refractivity contribution in [1.82, 2.24) is 15.6 Å². The molecule has 0 saturated carbocycles. The summed E-state index contributed by atoms with van der Waals surface area (Å²) in [6.07, 6.45) is 3.77. The molecule has 0 aliphatic rings. The maximum atomic E-state index is 13.1. The van der Waals surface area contributed by atoms with Crippen molar-refractivity contribution in [3.8, 4) is 0 Å². The highest BCUT2D eigenvalue weighted by atomic mass is 16.4. The van der Waals surface area contributed by atoms with Crippen molar-refractivity contribution >= 4 is 28.7 Å². The number of para-hydroxylation sites is 1. The van der Waals surface area contributed by atoms with E-state index >= 15 is 0 Å². The Morgan fingerprint density at radius 2 is 1.57 bits per heavy atom. The van der Waals surface area contributed by atoms with E-state index in [9.17, 15) is 19.5 Å². The van der Waals surface area contributed by atoms with Crippen LogP contribution in [0.15, 0.2) is 60.8 Å². The molecule has 0 fully saturated rings. The number of fused-ring (bicyclic) bond motifs is 1. The number of aromatic nitrogens is 1. The Morgan fingerprint density at radius 3 is 2.29 bits per heavy atom. The molecule has 0 spiro atoms. The van der Waals surface area contributed by atoms with E-state index in [0.717, 1.165) is 22.0 Å². The lowest BCUT2D eigenvalue weighted by molar-refractivity contribution is -0.142. The molecular weight excluding hydrogens is 446 g/mol. The summed E-state index contributed by atoms with van der Waals surface area (Å²) in [5.41, 5.74) is 14.2. The highest BCUT2D eigenvalue weighted by Crippen LogP contribution is 2.19. The van der Waals surface area contributed by atoms with Crippen LogP contribution in [-0.2, 0) is 27.2 Å². The zero-order valence-corrected chi connectivity index (χ0v) is 19.6. The number of aliphatic carboxylic acids is 1. The van der Waals surface area contributed by atoms with Gasteiger partial charge in [0.25, 0.3) is 0 Å². The zero-order valence-electron chi connectivity index (χ0n) is 19.6. The van der Waals surface area contributed by atoms with E-state index in [0.29, 0.717) is 32.2 Å². The zero-order chi connectivity index (χ0) is 25.2. The summed E-state index contributed by atoms with van der Waals surface area (Å²) in [4.78, 5) is 40.9. The van der Waals surface area contributed by atoms with Crippen LogP contribution in [-0.4, -0.2) is 52.5 Å². The van der Waals surface area contributed by atoms with Crippen LogP contribution < -0.4 is 22.1 Å². The van der Waals surface area contributed by atoms with Crippen LogP contribution in [0.5, 0.6) is 0 Å². The number of rotatable bonds is 13. The standard InChI is InChI=1S/C26H33N5O4/c27-13-7-6-12-22(30-24(32)20(28)14-17-8-2-1-3-9-17)25(33)31-23(26(34)35)15-18-16-29-21-11-5-4-10-19(18)21/h1-5,8-11,16,20,22-23,29H,6-7,12-15,27-28H2,(H,30,32)(H,31,33)(H,34,35)/t20-,22-,23-/m0/s1. The number of nitrogens with two attached hydrogens (primary N) is 2. The minimum Gasteiger partial charge on any atom is -0.480 e. The van der Waals surface area contributed by atoms with Gasteiger partial charge < -0.3 is 32.2 Å². The lowest BCUT2D eigenvalue weighted by Crippen LogP contribution is -2.55. The fourth-order valence-electron chi connectivity index (χ4n) is 3.99. The van der Waals surface area contributed by atoms with Crippen molar-refractivity contribution in [3.63, 3.8) is 0 Å². The topological polar surface area (TPSA) is 163 Å². The maximum absolute atomic E-state index is 13.1. The SMILES string of the molecule is NCCCC[C@H](NC(=O)[C@@H](N)Cc1ccccc1)C(=O)N[C@@H](Cc1c[nH]c2ccccc12)C(=O)O. The Kier molecular flexibility index (Phi) is 9.39. The van der Waals surface area contributed by atoms with Gasteiger partial charge in [-0.05, 0) is 49.4 Å². The van der Waals surface area contributed by atoms with Gasteiger partial charge in [-0.1, -0.05) is 48.5 Å². The van der Waals surface area contributed by atoms with Gasteiger partial charge >= 0.3 is 5.97 Å². The van der Waals surface area contributed by atoms with Crippen molar-refractivity contribution < 1.29 is 19.5 Å². The first-order chi connectivity index (χ1) is 16.9. The fraction of sp³-hybridized carbons (Fsp3) is 0.346. The van der Waals surface area contributed by atoms with Crippen LogP contribution in [0.4, 0.5) is 0 Å². The molecule has 3 rings (SSSR count). The Labute approximate surface area is 204 Å². The predicted molar refractivity (Wildman–Crippen MR) is 135 cm³/mol. The molecule has 9 nitrogen and oxygen atoms in total. The molecule has 35 heavy (non-hydrogen) atoms. The number of benzene rings is 2. The van der Waals surface area contributed by atoms with Gasteiger partial charge in [-0.3, -0.25) is 9.59 Å². The summed E-state index contributed by atoms with van der Waals surface area (Å²) < 4.78 is 0. The van der Waals surface area contributed by atoms with Crippen LogP contribution in [0.2, 0.25) is 0 Å². The fourth-order valence-corrected chi connectivity index (χ4v) is 3.99. The number of carbonyl (C=O) groups is 3. The molecule has 0 unspecified atom stereocenters. The van der Waals surface area contributed by atoms with E-state index in [4.69, 9.17) is 11.5 Å². The number of aromatic amines is 1. The number of nitrogens with one attached hydrogen (secondary N) is 3. The summed E-state index contributed by atoms with van der Waals surface area (Å²) in [6, 6.07) is 14.0. The van der Waals surface area contributed by atoms with Crippen LogP contribution in [0.1, 0.15) is 30.4 Å². The first-order valence-corrected chi connectivity index (χ1v) is 11.8. The van der Waals surface area contributed by atoms with Gasteiger partial charge in [0.05, 0.1) is 6.04 Å². The lowest BCUT2D eigenvalue weighted by atomic mass is 10.0. The average molecular weight is 480 g/mol. The second-order valence-electron chi connectivity index (χ2n) is 8.60. The molecule has 0 aliphatic carbocycles. The highest BCUT2D eigenvalue weighted by Gasteiger charge is 2.28. The molecule has 3 atom stereocenters. The molecular formula is C26H33N5O4. The second kappa shape index (κ2) is 12.7. The summed E-state index contributed by atoms with van der Waals surface area (Å²) in [7, 11) is 0. The van der Waals surface area contributed by atoms with Gasteiger partial charge in [0, 0.05) is 23.5 Å². The van der Waals surface area contributed by atoms with Gasteiger partial charge in [0.1, 0.15) is 12.1 Å². The first kappa shape index (κ1) is 25.9. The van der Waals surface area contributed by atoms with Crippen molar-refractivity contribution in [2.45, 2.75) is 50.2 Å². The molecule has 1 aromatic heterocycles. The maximum Gasteiger partial charge on any atom is 0.326 e. The van der Waals surface area contributed by atoms with Crippen molar-refractivity contribution in [1.29, 1.82) is 0 Å². The number of carbonyl (C=O) groups excluding carboxylic acids is 2. The number of hydrogen-bond donors (Lipinski definition) is 6. The van der Waals surface area contributed by atoms with E-state index in [2.05, 4.69) is 15.6 Å². The van der Waals surface area contributed by atoms with E-state index in [1.165, 1.54) is 0 Å². The largest absolute Gasteiger partial charge is 0.480 e. The Hall–Kier alpha value is -3.69. The van der Waals surface area contributed by atoms with Crippen LogP contribution in [0.25, 0.3) is 10.9 Å². The molecule has 186 valence electrons. The third-order valence-corrected chi connectivity index (χ3v) is 5.93. The molecule has 8 N–H and O–H groups in total. The minimum atomic E-state index is -1.16. The lowest BCUT2D eigenvalue weighted by Gasteiger charge is -2.23. The van der Waals surface area contributed by atoms with Gasteiger partial charge in [-0.15, -0.1) is 0 Å². The summed E-state index contributed by atoms with van der Waals surface area (Å²) in [5.74, 6) is -2.18. The summed E-state index contributed by atoms with van der Waals surface area (Å²) in [6.45, 7) is 0.453. The molecule has 3 aromatic rings. The summed E-state index contributed by atoms with van der Waals surface area (Å²) >= 11 is 0. The molecule has 2 amide bonds. The third-order valence-electron chi connectivity index (χ3n) is 5.93. The summed E-state index contributed by atoms with van der Waals surface area (Å²) in [5, 5.41) is 16.0. The smallest absolute Gasteiger partial charge is 0.326 e. The number of carboxylic acid groups (broad SMARTS) is 1. The van der Waals surface area contributed by atoms with Crippen molar-refractivity contribution in [2.24, 2.45) is 11.5 Å².